The lowest BCUT2D eigenvalue weighted by molar-refractivity contribution is -0.153. The van der Waals surface area contributed by atoms with Crippen LogP contribution < -0.4 is 10.1 Å². The van der Waals surface area contributed by atoms with E-state index in [1.165, 1.54) is 24.3 Å². The van der Waals surface area contributed by atoms with Crippen molar-refractivity contribution in [1.29, 1.82) is 0 Å². The summed E-state index contributed by atoms with van der Waals surface area (Å²) in [5, 5.41) is 2.75. The van der Waals surface area contributed by atoms with E-state index >= 15 is 0 Å². The Bertz CT molecular complexity index is 523. The zero-order valence-corrected chi connectivity index (χ0v) is 12.6. The van der Waals surface area contributed by atoms with Crippen molar-refractivity contribution >= 4 is 11.9 Å². The highest BCUT2D eigenvalue weighted by Crippen LogP contribution is 2.31. The fraction of sp³-hybridized carbons (Fsp3) is 0.500. The molecule has 1 N–H and O–H groups in total. The fourth-order valence-corrected chi connectivity index (χ4v) is 2.61. The highest BCUT2D eigenvalue weighted by molar-refractivity contribution is 5.89. The standard InChI is InChI=1S/C16H20FNO4/c1-2-21-15(20)16(9-3-4-10-16)18-14(19)11-22-13-7-5-12(17)6-8-13/h5-8H,2-4,9-11H2,1H3,(H,18,19). The number of halogens is 1. The molecule has 0 radical (unpaired) electrons. The zero-order chi connectivity index (χ0) is 16.0. The lowest BCUT2D eigenvalue weighted by atomic mass is 9.98. The van der Waals surface area contributed by atoms with E-state index in [0.29, 0.717) is 18.6 Å². The van der Waals surface area contributed by atoms with Gasteiger partial charge in [-0.3, -0.25) is 4.79 Å². The minimum absolute atomic E-state index is 0.229. The number of carbonyl (C=O) groups is 2. The van der Waals surface area contributed by atoms with Gasteiger partial charge < -0.3 is 14.8 Å². The SMILES string of the molecule is CCOC(=O)C1(NC(=O)COc2ccc(F)cc2)CCCC1. The van der Waals surface area contributed by atoms with E-state index in [1.807, 2.05) is 0 Å². The molecule has 120 valence electrons. The van der Waals surface area contributed by atoms with Crippen LogP contribution in [0.3, 0.4) is 0 Å². The molecule has 1 aliphatic carbocycles. The van der Waals surface area contributed by atoms with Crippen LogP contribution >= 0.6 is 0 Å². The van der Waals surface area contributed by atoms with Gasteiger partial charge in [0.25, 0.3) is 5.91 Å². The Labute approximate surface area is 128 Å². The minimum Gasteiger partial charge on any atom is -0.484 e. The molecule has 1 saturated carbocycles. The first-order valence-corrected chi connectivity index (χ1v) is 7.42. The molecule has 1 aliphatic rings. The summed E-state index contributed by atoms with van der Waals surface area (Å²) in [5.74, 6) is -0.751. The van der Waals surface area contributed by atoms with Gasteiger partial charge in [0.15, 0.2) is 6.61 Å². The molecule has 22 heavy (non-hydrogen) atoms. The molecule has 1 amide bonds. The Morgan fingerprint density at radius 1 is 1.23 bits per heavy atom. The Kier molecular flexibility index (Phi) is 5.35. The molecule has 5 nitrogen and oxygen atoms in total. The number of hydrogen-bond acceptors (Lipinski definition) is 4. The molecule has 2 rings (SSSR count). The van der Waals surface area contributed by atoms with E-state index in [4.69, 9.17) is 9.47 Å². The molecule has 0 bridgehead atoms. The van der Waals surface area contributed by atoms with Crippen LogP contribution in [0.25, 0.3) is 0 Å². The third kappa shape index (κ3) is 3.96. The first-order chi connectivity index (χ1) is 10.6. The second-order valence-corrected chi connectivity index (χ2v) is 5.30. The predicted octanol–water partition coefficient (Wildman–Crippen LogP) is 2.20. The summed E-state index contributed by atoms with van der Waals surface area (Å²) in [4.78, 5) is 24.1. The smallest absolute Gasteiger partial charge is 0.331 e. The third-order valence-electron chi connectivity index (χ3n) is 3.69. The summed E-state index contributed by atoms with van der Waals surface area (Å²) < 4.78 is 23.1. The van der Waals surface area contributed by atoms with Crippen LogP contribution in [0, 0.1) is 5.82 Å². The van der Waals surface area contributed by atoms with Crippen molar-refractivity contribution in [3.63, 3.8) is 0 Å². The van der Waals surface area contributed by atoms with Gasteiger partial charge in [-0.05, 0) is 44.0 Å². The number of ether oxygens (including phenoxy) is 2. The van der Waals surface area contributed by atoms with Crippen LogP contribution in [0.1, 0.15) is 32.6 Å². The van der Waals surface area contributed by atoms with E-state index in [0.717, 1.165) is 12.8 Å². The maximum atomic E-state index is 12.8. The van der Waals surface area contributed by atoms with Gasteiger partial charge in [-0.15, -0.1) is 0 Å². The van der Waals surface area contributed by atoms with Crippen molar-refractivity contribution in [3.05, 3.63) is 30.1 Å². The first kappa shape index (κ1) is 16.3. The average Bonchev–Trinajstić information content (AvgIpc) is 2.97. The van der Waals surface area contributed by atoms with Crippen LogP contribution in [0.15, 0.2) is 24.3 Å². The summed E-state index contributed by atoms with van der Waals surface area (Å²) in [6.45, 7) is 1.79. The van der Waals surface area contributed by atoms with E-state index < -0.39 is 5.54 Å². The molecule has 6 heteroatoms. The van der Waals surface area contributed by atoms with Crippen molar-refractivity contribution in [3.8, 4) is 5.75 Å². The number of nitrogens with one attached hydrogen (secondary N) is 1. The normalized spacial score (nSPS) is 16.1. The molecule has 0 aromatic heterocycles. The lowest BCUT2D eigenvalue weighted by Gasteiger charge is -2.27. The van der Waals surface area contributed by atoms with Crippen molar-refractivity contribution in [2.45, 2.75) is 38.1 Å². The van der Waals surface area contributed by atoms with Gasteiger partial charge in [0.05, 0.1) is 6.61 Å². The van der Waals surface area contributed by atoms with Crippen molar-refractivity contribution in [2.75, 3.05) is 13.2 Å². The number of esters is 1. The highest BCUT2D eigenvalue weighted by atomic mass is 19.1. The van der Waals surface area contributed by atoms with Gasteiger partial charge in [-0.25, -0.2) is 9.18 Å². The van der Waals surface area contributed by atoms with Crippen molar-refractivity contribution in [1.82, 2.24) is 5.32 Å². The lowest BCUT2D eigenvalue weighted by Crippen LogP contribution is -2.54. The molecule has 0 saturated heterocycles. The molecule has 0 heterocycles. The Hall–Kier alpha value is -2.11. The zero-order valence-electron chi connectivity index (χ0n) is 12.6. The maximum absolute atomic E-state index is 12.8. The summed E-state index contributed by atoms with van der Waals surface area (Å²) in [6.07, 6.45) is 2.90. The van der Waals surface area contributed by atoms with E-state index in [-0.39, 0.29) is 30.9 Å². The quantitative estimate of drug-likeness (QED) is 0.818. The van der Waals surface area contributed by atoms with E-state index in [2.05, 4.69) is 5.32 Å². The number of amides is 1. The largest absolute Gasteiger partial charge is 0.484 e. The van der Waals surface area contributed by atoms with Crippen LogP contribution in [0.2, 0.25) is 0 Å². The summed E-state index contributed by atoms with van der Waals surface area (Å²) in [6, 6.07) is 5.40. The number of hydrogen-bond donors (Lipinski definition) is 1. The monoisotopic (exact) mass is 309 g/mol. The first-order valence-electron chi connectivity index (χ1n) is 7.42. The second-order valence-electron chi connectivity index (χ2n) is 5.30. The van der Waals surface area contributed by atoms with Crippen LogP contribution in [0.5, 0.6) is 5.75 Å². The summed E-state index contributed by atoms with van der Waals surface area (Å²) in [7, 11) is 0. The molecular formula is C16H20FNO4. The Morgan fingerprint density at radius 2 is 1.86 bits per heavy atom. The molecule has 1 fully saturated rings. The topological polar surface area (TPSA) is 64.6 Å². The summed E-state index contributed by atoms with van der Waals surface area (Å²) >= 11 is 0. The average molecular weight is 309 g/mol. The molecular weight excluding hydrogens is 289 g/mol. The van der Waals surface area contributed by atoms with Gasteiger partial charge in [-0.1, -0.05) is 12.8 Å². The van der Waals surface area contributed by atoms with Crippen molar-refractivity contribution < 1.29 is 23.5 Å². The molecule has 1 aromatic carbocycles. The Balaban J connectivity index is 1.91. The van der Waals surface area contributed by atoms with Crippen LogP contribution in [0.4, 0.5) is 4.39 Å². The minimum atomic E-state index is -0.931. The second kappa shape index (κ2) is 7.24. The maximum Gasteiger partial charge on any atom is 0.331 e. The molecule has 0 atom stereocenters. The molecule has 0 unspecified atom stereocenters. The number of benzene rings is 1. The van der Waals surface area contributed by atoms with Crippen LogP contribution in [-0.4, -0.2) is 30.6 Å². The summed E-state index contributed by atoms with van der Waals surface area (Å²) in [5.41, 5.74) is -0.931. The van der Waals surface area contributed by atoms with E-state index in [9.17, 15) is 14.0 Å². The molecule has 1 aromatic rings. The van der Waals surface area contributed by atoms with Gasteiger partial charge in [0.2, 0.25) is 0 Å². The number of carbonyl (C=O) groups excluding carboxylic acids is 2. The Morgan fingerprint density at radius 3 is 2.45 bits per heavy atom. The van der Waals surface area contributed by atoms with Gasteiger partial charge >= 0.3 is 5.97 Å². The third-order valence-corrected chi connectivity index (χ3v) is 3.69. The predicted molar refractivity (Wildman–Crippen MR) is 77.9 cm³/mol. The molecule has 0 spiro atoms. The fourth-order valence-electron chi connectivity index (χ4n) is 2.61. The van der Waals surface area contributed by atoms with Gasteiger partial charge in [0.1, 0.15) is 17.1 Å². The van der Waals surface area contributed by atoms with E-state index in [1.54, 1.807) is 6.92 Å². The van der Waals surface area contributed by atoms with Crippen LogP contribution in [-0.2, 0) is 14.3 Å². The van der Waals surface area contributed by atoms with Gasteiger partial charge in [-0.2, -0.15) is 0 Å². The molecule has 0 aliphatic heterocycles. The number of rotatable bonds is 6. The highest BCUT2D eigenvalue weighted by Gasteiger charge is 2.43. The van der Waals surface area contributed by atoms with Crippen molar-refractivity contribution in [2.24, 2.45) is 0 Å². The van der Waals surface area contributed by atoms with Gasteiger partial charge in [0, 0.05) is 0 Å².